The molecule has 0 amide bonds. The third-order valence-electron chi connectivity index (χ3n) is 1.56. The molecule has 60 valence electrons. The summed E-state index contributed by atoms with van der Waals surface area (Å²) in [6.07, 6.45) is 4.04. The number of nitrogens with two attached hydrogens (primary N) is 1. The lowest BCUT2D eigenvalue weighted by Gasteiger charge is -2.12. The van der Waals surface area contributed by atoms with Crippen LogP contribution in [0.25, 0.3) is 0 Å². The third-order valence-corrected chi connectivity index (χ3v) is 1.56. The van der Waals surface area contributed by atoms with Crippen molar-refractivity contribution in [3.8, 4) is 0 Å². The lowest BCUT2D eigenvalue weighted by molar-refractivity contribution is 0.511. The van der Waals surface area contributed by atoms with Crippen LogP contribution in [0.1, 0.15) is 19.8 Å². The molecule has 0 aliphatic carbocycles. The molecule has 0 rings (SSSR count). The van der Waals surface area contributed by atoms with E-state index in [2.05, 4.69) is 18.8 Å². The standard InChI is InChI=1S/C8H18N2/c1-3-5-6-10-8(4-2)7-9/h3,8,10H,1,4-7,9H2,2H3. The van der Waals surface area contributed by atoms with Crippen molar-refractivity contribution in [1.82, 2.24) is 5.32 Å². The Labute approximate surface area is 63.5 Å². The molecule has 0 saturated heterocycles. The summed E-state index contributed by atoms with van der Waals surface area (Å²) in [6, 6.07) is 0.486. The quantitative estimate of drug-likeness (QED) is 0.427. The van der Waals surface area contributed by atoms with Crippen molar-refractivity contribution in [3.63, 3.8) is 0 Å². The lowest BCUT2D eigenvalue weighted by Crippen LogP contribution is -2.35. The fourth-order valence-electron chi connectivity index (χ4n) is 0.784. The second kappa shape index (κ2) is 6.78. The van der Waals surface area contributed by atoms with Gasteiger partial charge in [0.05, 0.1) is 0 Å². The van der Waals surface area contributed by atoms with Crippen molar-refractivity contribution in [2.45, 2.75) is 25.8 Å². The van der Waals surface area contributed by atoms with E-state index in [1.807, 2.05) is 6.08 Å². The summed E-state index contributed by atoms with van der Waals surface area (Å²) in [7, 11) is 0. The Morgan fingerprint density at radius 3 is 2.80 bits per heavy atom. The maximum absolute atomic E-state index is 5.48. The van der Waals surface area contributed by atoms with Gasteiger partial charge in [-0.1, -0.05) is 13.0 Å². The van der Waals surface area contributed by atoms with Crippen LogP contribution in [-0.2, 0) is 0 Å². The minimum absolute atomic E-state index is 0.486. The van der Waals surface area contributed by atoms with Gasteiger partial charge in [0.25, 0.3) is 0 Å². The number of hydrogen-bond acceptors (Lipinski definition) is 2. The molecular weight excluding hydrogens is 124 g/mol. The molecule has 0 aliphatic rings. The molecule has 0 aliphatic heterocycles. The Morgan fingerprint density at radius 1 is 1.70 bits per heavy atom. The normalized spacial score (nSPS) is 13.0. The van der Waals surface area contributed by atoms with Crippen molar-refractivity contribution in [2.24, 2.45) is 5.73 Å². The molecule has 0 bridgehead atoms. The molecule has 2 nitrogen and oxygen atoms in total. The first-order valence-corrected chi connectivity index (χ1v) is 3.89. The second-order valence-electron chi connectivity index (χ2n) is 2.37. The predicted octanol–water partition coefficient (Wildman–Crippen LogP) is 0.889. The molecule has 0 aromatic rings. The molecule has 1 unspecified atom stereocenters. The van der Waals surface area contributed by atoms with Gasteiger partial charge in [0, 0.05) is 12.6 Å². The Hall–Kier alpha value is -0.340. The molecule has 2 heteroatoms. The van der Waals surface area contributed by atoms with Crippen molar-refractivity contribution >= 4 is 0 Å². The van der Waals surface area contributed by atoms with Gasteiger partial charge < -0.3 is 11.1 Å². The van der Waals surface area contributed by atoms with Gasteiger partial charge in [-0.25, -0.2) is 0 Å². The molecule has 0 aromatic carbocycles. The fourth-order valence-corrected chi connectivity index (χ4v) is 0.784. The van der Waals surface area contributed by atoms with Crippen molar-refractivity contribution in [2.75, 3.05) is 13.1 Å². The highest BCUT2D eigenvalue weighted by molar-refractivity contribution is 4.71. The van der Waals surface area contributed by atoms with Crippen LogP contribution in [0.3, 0.4) is 0 Å². The van der Waals surface area contributed by atoms with Crippen LogP contribution in [0.5, 0.6) is 0 Å². The maximum atomic E-state index is 5.48. The van der Waals surface area contributed by atoms with E-state index >= 15 is 0 Å². The minimum atomic E-state index is 0.486. The first kappa shape index (κ1) is 9.66. The van der Waals surface area contributed by atoms with Crippen LogP contribution in [-0.4, -0.2) is 19.1 Å². The van der Waals surface area contributed by atoms with Gasteiger partial charge in [-0.05, 0) is 19.4 Å². The highest BCUT2D eigenvalue weighted by Crippen LogP contribution is 1.87. The minimum Gasteiger partial charge on any atom is -0.329 e. The van der Waals surface area contributed by atoms with Crippen LogP contribution in [0.4, 0.5) is 0 Å². The van der Waals surface area contributed by atoms with Gasteiger partial charge in [0.15, 0.2) is 0 Å². The Kier molecular flexibility index (Phi) is 6.55. The summed E-state index contributed by atoms with van der Waals surface area (Å²) in [5, 5.41) is 3.32. The van der Waals surface area contributed by atoms with E-state index in [4.69, 9.17) is 5.73 Å². The summed E-state index contributed by atoms with van der Waals surface area (Å²) >= 11 is 0. The van der Waals surface area contributed by atoms with Gasteiger partial charge >= 0.3 is 0 Å². The number of rotatable bonds is 6. The highest BCUT2D eigenvalue weighted by atomic mass is 14.9. The van der Waals surface area contributed by atoms with Crippen molar-refractivity contribution in [1.29, 1.82) is 0 Å². The molecule has 3 N–H and O–H groups in total. The topological polar surface area (TPSA) is 38.0 Å². The molecule has 0 heterocycles. The van der Waals surface area contributed by atoms with Gasteiger partial charge in [0.1, 0.15) is 0 Å². The van der Waals surface area contributed by atoms with Crippen LogP contribution in [0, 0.1) is 0 Å². The molecule has 0 radical (unpaired) electrons. The van der Waals surface area contributed by atoms with E-state index in [0.717, 1.165) is 25.9 Å². The second-order valence-corrected chi connectivity index (χ2v) is 2.37. The van der Waals surface area contributed by atoms with Crippen molar-refractivity contribution in [3.05, 3.63) is 12.7 Å². The third kappa shape index (κ3) is 4.53. The maximum Gasteiger partial charge on any atom is 0.0187 e. The largest absolute Gasteiger partial charge is 0.329 e. The van der Waals surface area contributed by atoms with Gasteiger partial charge in [-0.3, -0.25) is 0 Å². The smallest absolute Gasteiger partial charge is 0.0187 e. The molecule has 0 aromatic heterocycles. The molecule has 0 saturated carbocycles. The summed E-state index contributed by atoms with van der Waals surface area (Å²) in [5.74, 6) is 0. The molecule has 0 spiro atoms. The first-order chi connectivity index (χ1) is 4.85. The first-order valence-electron chi connectivity index (χ1n) is 3.89. The van der Waals surface area contributed by atoms with Crippen LogP contribution < -0.4 is 11.1 Å². The van der Waals surface area contributed by atoms with Gasteiger partial charge in [-0.2, -0.15) is 0 Å². The van der Waals surface area contributed by atoms with Gasteiger partial charge in [0.2, 0.25) is 0 Å². The molecular formula is C8H18N2. The zero-order chi connectivity index (χ0) is 7.82. The van der Waals surface area contributed by atoms with E-state index in [9.17, 15) is 0 Å². The predicted molar refractivity (Wildman–Crippen MR) is 46.0 cm³/mol. The van der Waals surface area contributed by atoms with Crippen LogP contribution in [0.2, 0.25) is 0 Å². The average Bonchev–Trinajstić information content (AvgIpc) is 1.99. The van der Waals surface area contributed by atoms with E-state index in [-0.39, 0.29) is 0 Å². The van der Waals surface area contributed by atoms with Gasteiger partial charge in [-0.15, -0.1) is 6.58 Å². The Balaban J connectivity index is 3.16. The number of hydrogen-bond donors (Lipinski definition) is 2. The van der Waals surface area contributed by atoms with Crippen LogP contribution >= 0.6 is 0 Å². The Morgan fingerprint density at radius 2 is 2.40 bits per heavy atom. The molecule has 0 fully saturated rings. The molecule has 1 atom stereocenters. The summed E-state index contributed by atoms with van der Waals surface area (Å²) in [5.41, 5.74) is 5.48. The fraction of sp³-hybridized carbons (Fsp3) is 0.750. The Bertz CT molecular complexity index is 77.3. The van der Waals surface area contributed by atoms with Crippen LogP contribution in [0.15, 0.2) is 12.7 Å². The summed E-state index contributed by atoms with van der Waals surface area (Å²) in [6.45, 7) is 7.50. The SMILES string of the molecule is C=CCCNC(CC)CN. The highest BCUT2D eigenvalue weighted by Gasteiger charge is 1.98. The zero-order valence-electron chi connectivity index (χ0n) is 6.77. The van der Waals surface area contributed by atoms with E-state index < -0.39 is 0 Å². The molecule has 10 heavy (non-hydrogen) atoms. The monoisotopic (exact) mass is 142 g/mol. The van der Waals surface area contributed by atoms with E-state index in [0.29, 0.717) is 6.04 Å². The van der Waals surface area contributed by atoms with E-state index in [1.165, 1.54) is 0 Å². The summed E-state index contributed by atoms with van der Waals surface area (Å²) in [4.78, 5) is 0. The number of nitrogens with one attached hydrogen (secondary N) is 1. The van der Waals surface area contributed by atoms with E-state index in [1.54, 1.807) is 0 Å². The van der Waals surface area contributed by atoms with Crippen molar-refractivity contribution < 1.29 is 0 Å². The average molecular weight is 142 g/mol. The lowest BCUT2D eigenvalue weighted by atomic mass is 10.2. The summed E-state index contributed by atoms with van der Waals surface area (Å²) < 4.78 is 0. The zero-order valence-corrected chi connectivity index (χ0v) is 6.77.